The van der Waals surface area contributed by atoms with Crippen LogP contribution in [-0.4, -0.2) is 0 Å². The maximum absolute atomic E-state index is 2.32. The molecule has 66 valence electrons. The first-order valence-electron chi connectivity index (χ1n) is 3.49. The number of halogens is 2. The Morgan fingerprint density at radius 2 is 1.55 bits per heavy atom. The Balaban J connectivity index is 0. The van der Waals surface area contributed by atoms with Gasteiger partial charge in [0.15, 0.2) is 0 Å². The molecule has 0 aromatic heterocycles. The molecule has 1 aliphatic carbocycles. The first kappa shape index (κ1) is 13.6. The Labute approximate surface area is 81.6 Å². The summed E-state index contributed by atoms with van der Waals surface area (Å²) in [6.07, 6.45) is 2.32. The average molecular weight is 195 g/mol. The van der Waals surface area contributed by atoms with E-state index >= 15 is 0 Å². The fourth-order valence-corrected chi connectivity index (χ4v) is 1.28. The normalized spacial score (nSPS) is 22.2. The second-order valence-electron chi connectivity index (χ2n) is 2.95. The van der Waals surface area contributed by atoms with Gasteiger partial charge in [0.05, 0.1) is 0 Å². The lowest BCUT2D eigenvalue weighted by Gasteiger charge is -2.00. The van der Waals surface area contributed by atoms with Crippen molar-refractivity contribution in [1.82, 2.24) is 0 Å². The van der Waals surface area contributed by atoms with Gasteiger partial charge in [0.25, 0.3) is 0 Å². The zero-order valence-corrected chi connectivity index (χ0v) is 9.10. The molecule has 0 nitrogen and oxygen atoms in total. The van der Waals surface area contributed by atoms with E-state index in [0.717, 1.165) is 0 Å². The van der Waals surface area contributed by atoms with E-state index in [1.165, 1.54) is 16.7 Å². The minimum absolute atomic E-state index is 0. The summed E-state index contributed by atoms with van der Waals surface area (Å²) in [4.78, 5) is 0. The molecule has 0 aliphatic heterocycles. The van der Waals surface area contributed by atoms with E-state index in [9.17, 15) is 0 Å². The van der Waals surface area contributed by atoms with Crippen LogP contribution in [0.15, 0.2) is 22.8 Å². The molecule has 0 fully saturated rings. The van der Waals surface area contributed by atoms with E-state index in [-0.39, 0.29) is 24.8 Å². The van der Waals surface area contributed by atoms with Gasteiger partial charge >= 0.3 is 0 Å². The molecule has 2 heteroatoms. The van der Waals surface area contributed by atoms with Crippen molar-refractivity contribution in [3.63, 3.8) is 0 Å². The molecule has 0 amide bonds. The van der Waals surface area contributed by atoms with E-state index < -0.39 is 0 Å². The van der Waals surface area contributed by atoms with Crippen LogP contribution >= 0.6 is 24.8 Å². The zero-order valence-electron chi connectivity index (χ0n) is 7.47. The van der Waals surface area contributed by atoms with Gasteiger partial charge in [-0.15, -0.1) is 24.8 Å². The molecule has 0 aromatic carbocycles. The number of allylic oxidation sites excluding steroid dienone is 4. The standard InChI is InChI=1S/C9H14.2ClH/c1-6-5-7(2)9(4)8(6)3;;/h5-6H,1-4H3;2*1H. The van der Waals surface area contributed by atoms with Crippen LogP contribution in [-0.2, 0) is 0 Å². The van der Waals surface area contributed by atoms with Crippen molar-refractivity contribution in [2.75, 3.05) is 0 Å². The van der Waals surface area contributed by atoms with Crippen LogP contribution in [0.25, 0.3) is 0 Å². The van der Waals surface area contributed by atoms with Crippen LogP contribution < -0.4 is 0 Å². The highest BCUT2D eigenvalue weighted by molar-refractivity contribution is 5.85. The minimum Gasteiger partial charge on any atom is -0.147 e. The lowest BCUT2D eigenvalue weighted by molar-refractivity contribution is 0.875. The molecular formula is C9H16Cl2. The fraction of sp³-hybridized carbons (Fsp3) is 0.556. The first-order chi connectivity index (χ1) is 4.13. The summed E-state index contributed by atoms with van der Waals surface area (Å²) in [5, 5.41) is 0. The van der Waals surface area contributed by atoms with Crippen molar-refractivity contribution in [1.29, 1.82) is 0 Å². The SMILES string of the molecule is CC1=CC(C)C(C)=C1C.Cl.Cl. The van der Waals surface area contributed by atoms with Crippen LogP contribution in [0.1, 0.15) is 27.7 Å². The summed E-state index contributed by atoms with van der Waals surface area (Å²) in [7, 11) is 0. The quantitative estimate of drug-likeness (QED) is 0.552. The highest BCUT2D eigenvalue weighted by Crippen LogP contribution is 2.29. The van der Waals surface area contributed by atoms with Gasteiger partial charge < -0.3 is 0 Å². The number of hydrogen-bond acceptors (Lipinski definition) is 0. The van der Waals surface area contributed by atoms with Crippen molar-refractivity contribution in [2.45, 2.75) is 27.7 Å². The second-order valence-corrected chi connectivity index (χ2v) is 2.95. The maximum Gasteiger partial charge on any atom is -0.00428 e. The first-order valence-corrected chi connectivity index (χ1v) is 3.49. The molecule has 0 spiro atoms. The summed E-state index contributed by atoms with van der Waals surface area (Å²) in [6, 6.07) is 0. The molecule has 0 saturated carbocycles. The van der Waals surface area contributed by atoms with Crippen molar-refractivity contribution in [3.05, 3.63) is 22.8 Å². The van der Waals surface area contributed by atoms with Gasteiger partial charge in [0.2, 0.25) is 0 Å². The highest BCUT2D eigenvalue weighted by atomic mass is 35.5. The predicted octanol–water partition coefficient (Wildman–Crippen LogP) is 3.76. The van der Waals surface area contributed by atoms with E-state index in [4.69, 9.17) is 0 Å². The van der Waals surface area contributed by atoms with Crippen molar-refractivity contribution in [3.8, 4) is 0 Å². The minimum atomic E-state index is 0. The third kappa shape index (κ3) is 2.53. The molecule has 11 heavy (non-hydrogen) atoms. The molecule has 1 unspecified atom stereocenters. The number of hydrogen-bond donors (Lipinski definition) is 0. The van der Waals surface area contributed by atoms with Gasteiger partial charge in [-0.1, -0.05) is 24.1 Å². The molecule has 0 radical (unpaired) electrons. The van der Waals surface area contributed by atoms with E-state index in [0.29, 0.717) is 5.92 Å². The third-order valence-electron chi connectivity index (χ3n) is 2.37. The summed E-state index contributed by atoms with van der Waals surface area (Å²) in [5.74, 6) is 0.685. The smallest absolute Gasteiger partial charge is 0.00428 e. The summed E-state index contributed by atoms with van der Waals surface area (Å²) >= 11 is 0. The highest BCUT2D eigenvalue weighted by Gasteiger charge is 2.12. The maximum atomic E-state index is 2.32. The molecule has 1 aliphatic rings. The summed E-state index contributed by atoms with van der Waals surface area (Å²) in [6.45, 7) is 8.84. The van der Waals surface area contributed by atoms with E-state index in [2.05, 4.69) is 33.8 Å². The summed E-state index contributed by atoms with van der Waals surface area (Å²) < 4.78 is 0. The molecular weight excluding hydrogens is 179 g/mol. The van der Waals surface area contributed by atoms with Gasteiger partial charge in [-0.3, -0.25) is 0 Å². The van der Waals surface area contributed by atoms with Gasteiger partial charge in [0.1, 0.15) is 0 Å². The van der Waals surface area contributed by atoms with Crippen molar-refractivity contribution in [2.24, 2.45) is 5.92 Å². The second kappa shape index (κ2) is 4.84. The van der Waals surface area contributed by atoms with Gasteiger partial charge in [0, 0.05) is 0 Å². The van der Waals surface area contributed by atoms with Crippen LogP contribution in [0, 0.1) is 5.92 Å². The largest absolute Gasteiger partial charge is 0.147 e. The Bertz CT molecular complexity index is 190. The van der Waals surface area contributed by atoms with Crippen LogP contribution in [0.2, 0.25) is 0 Å². The molecule has 0 saturated heterocycles. The van der Waals surface area contributed by atoms with Crippen LogP contribution in [0.5, 0.6) is 0 Å². The molecule has 0 aromatic rings. The van der Waals surface area contributed by atoms with Crippen LogP contribution in [0.4, 0.5) is 0 Å². The summed E-state index contributed by atoms with van der Waals surface area (Å²) in [5.41, 5.74) is 4.48. The lowest BCUT2D eigenvalue weighted by atomic mass is 10.1. The Hall–Kier alpha value is 0.0600. The third-order valence-corrected chi connectivity index (χ3v) is 2.37. The average Bonchev–Trinajstić information content (AvgIpc) is 1.98. The van der Waals surface area contributed by atoms with Gasteiger partial charge in [-0.05, 0) is 32.3 Å². The Kier molecular flexibility index (Phi) is 6.00. The van der Waals surface area contributed by atoms with Crippen molar-refractivity contribution >= 4 is 24.8 Å². The van der Waals surface area contributed by atoms with E-state index in [1.54, 1.807) is 0 Å². The van der Waals surface area contributed by atoms with Gasteiger partial charge in [-0.25, -0.2) is 0 Å². The molecule has 0 bridgehead atoms. The molecule has 1 atom stereocenters. The Morgan fingerprint density at radius 3 is 1.64 bits per heavy atom. The van der Waals surface area contributed by atoms with Crippen LogP contribution in [0.3, 0.4) is 0 Å². The lowest BCUT2D eigenvalue weighted by Crippen LogP contribution is -1.85. The topological polar surface area (TPSA) is 0 Å². The molecule has 0 N–H and O–H groups in total. The Morgan fingerprint density at radius 1 is 1.09 bits per heavy atom. The predicted molar refractivity (Wildman–Crippen MR) is 55.8 cm³/mol. The van der Waals surface area contributed by atoms with Gasteiger partial charge in [-0.2, -0.15) is 0 Å². The van der Waals surface area contributed by atoms with E-state index in [1.807, 2.05) is 0 Å². The van der Waals surface area contributed by atoms with Crippen molar-refractivity contribution < 1.29 is 0 Å². The number of rotatable bonds is 0. The fourth-order valence-electron chi connectivity index (χ4n) is 1.28. The molecule has 0 heterocycles. The zero-order chi connectivity index (χ0) is 7.02. The monoisotopic (exact) mass is 194 g/mol. The molecule has 1 rings (SSSR count).